The van der Waals surface area contributed by atoms with Crippen molar-refractivity contribution in [2.24, 2.45) is 17.8 Å². The Labute approximate surface area is 166 Å². The molecule has 150 valence electrons. The van der Waals surface area contributed by atoms with E-state index in [4.69, 9.17) is 4.74 Å². The first-order chi connectivity index (χ1) is 13.5. The second-order valence-electron chi connectivity index (χ2n) is 9.25. The largest absolute Gasteiger partial charge is 0.508 e. The van der Waals surface area contributed by atoms with Crippen molar-refractivity contribution in [1.82, 2.24) is 4.90 Å². The van der Waals surface area contributed by atoms with Crippen molar-refractivity contribution in [3.8, 4) is 5.75 Å². The number of benzene rings is 1. The summed E-state index contributed by atoms with van der Waals surface area (Å²) in [6, 6.07) is 6.06. The molecule has 5 rings (SSSR count). The number of likely N-dealkylation sites (tertiary alicyclic amines) is 1. The highest BCUT2D eigenvalue weighted by molar-refractivity contribution is 6.00. The summed E-state index contributed by atoms with van der Waals surface area (Å²) >= 11 is 0. The lowest BCUT2D eigenvalue weighted by molar-refractivity contribution is -0.157. The SMILES string of the molecule is CCOC(=O)C1C[C@@H]2[C@H]3Cc4ccc(O)cc4[C@@]2(CCN3CC2CC2)CC1=O. The highest BCUT2D eigenvalue weighted by Crippen LogP contribution is 2.57. The lowest BCUT2D eigenvalue weighted by Crippen LogP contribution is -2.63. The van der Waals surface area contributed by atoms with E-state index in [-0.39, 0.29) is 28.8 Å². The van der Waals surface area contributed by atoms with Gasteiger partial charge >= 0.3 is 5.97 Å². The maximum absolute atomic E-state index is 13.0. The summed E-state index contributed by atoms with van der Waals surface area (Å²) in [5.74, 6) is 0.392. The summed E-state index contributed by atoms with van der Waals surface area (Å²) in [5.41, 5.74) is 2.18. The fourth-order valence-electron chi connectivity index (χ4n) is 6.20. The third-order valence-corrected chi connectivity index (χ3v) is 7.68. The Morgan fingerprint density at radius 3 is 2.93 bits per heavy atom. The zero-order valence-electron chi connectivity index (χ0n) is 16.5. The van der Waals surface area contributed by atoms with Gasteiger partial charge in [-0.2, -0.15) is 0 Å². The number of Topliss-reactive ketones (excluding diaryl/α,β-unsaturated/α-hetero) is 1. The lowest BCUT2D eigenvalue weighted by Gasteiger charge is -2.59. The number of ether oxygens (including phenoxy) is 1. The van der Waals surface area contributed by atoms with E-state index in [1.54, 1.807) is 13.0 Å². The van der Waals surface area contributed by atoms with Crippen molar-refractivity contribution < 1.29 is 19.4 Å². The summed E-state index contributed by atoms with van der Waals surface area (Å²) < 4.78 is 5.23. The number of ketones is 1. The van der Waals surface area contributed by atoms with E-state index in [1.807, 2.05) is 12.1 Å². The number of aromatic hydroxyl groups is 1. The van der Waals surface area contributed by atoms with Crippen LogP contribution in [0.1, 0.15) is 50.2 Å². The molecule has 1 heterocycles. The van der Waals surface area contributed by atoms with Crippen LogP contribution in [0.25, 0.3) is 0 Å². The molecule has 1 N–H and O–H groups in total. The van der Waals surface area contributed by atoms with Crippen molar-refractivity contribution in [1.29, 1.82) is 0 Å². The van der Waals surface area contributed by atoms with Gasteiger partial charge < -0.3 is 9.84 Å². The fraction of sp³-hybridized carbons (Fsp3) is 0.652. The van der Waals surface area contributed by atoms with E-state index >= 15 is 0 Å². The molecule has 2 saturated carbocycles. The van der Waals surface area contributed by atoms with E-state index in [2.05, 4.69) is 4.90 Å². The zero-order chi connectivity index (χ0) is 19.5. The van der Waals surface area contributed by atoms with Crippen LogP contribution in [0.4, 0.5) is 0 Å². The number of hydrogen-bond acceptors (Lipinski definition) is 5. The van der Waals surface area contributed by atoms with E-state index in [1.165, 1.54) is 18.4 Å². The van der Waals surface area contributed by atoms with Crippen LogP contribution in [-0.2, 0) is 26.2 Å². The minimum atomic E-state index is -0.625. The molecule has 3 aliphatic carbocycles. The molecular weight excluding hydrogens is 354 g/mol. The smallest absolute Gasteiger partial charge is 0.316 e. The van der Waals surface area contributed by atoms with Crippen molar-refractivity contribution >= 4 is 11.8 Å². The third kappa shape index (κ3) is 2.78. The molecule has 0 radical (unpaired) electrons. The Kier molecular flexibility index (Phi) is 4.27. The summed E-state index contributed by atoms with van der Waals surface area (Å²) in [6.45, 7) is 4.25. The quantitative estimate of drug-likeness (QED) is 0.640. The number of rotatable bonds is 4. The Morgan fingerprint density at radius 1 is 1.36 bits per heavy atom. The molecule has 4 atom stereocenters. The van der Waals surface area contributed by atoms with Crippen molar-refractivity contribution in [2.75, 3.05) is 19.7 Å². The Hall–Kier alpha value is -1.88. The van der Waals surface area contributed by atoms with E-state index in [0.29, 0.717) is 25.5 Å². The number of hydrogen-bond donors (Lipinski definition) is 1. The number of phenols is 1. The molecule has 1 aromatic rings. The number of nitrogens with zero attached hydrogens (tertiary/aromatic N) is 1. The molecule has 1 aliphatic heterocycles. The molecule has 0 aromatic heterocycles. The number of piperidine rings is 1. The van der Waals surface area contributed by atoms with E-state index in [9.17, 15) is 14.7 Å². The van der Waals surface area contributed by atoms with Gasteiger partial charge in [-0.3, -0.25) is 14.5 Å². The van der Waals surface area contributed by atoms with Crippen LogP contribution in [-0.4, -0.2) is 47.5 Å². The highest BCUT2D eigenvalue weighted by atomic mass is 16.5. The number of carbonyl (C=O) groups is 2. The Morgan fingerprint density at radius 2 is 2.18 bits per heavy atom. The molecule has 0 amide bonds. The molecule has 0 spiro atoms. The molecule has 5 nitrogen and oxygen atoms in total. The molecule has 2 bridgehead atoms. The van der Waals surface area contributed by atoms with Gasteiger partial charge in [-0.1, -0.05) is 6.07 Å². The van der Waals surface area contributed by atoms with Gasteiger partial charge in [0.2, 0.25) is 0 Å². The van der Waals surface area contributed by atoms with Gasteiger partial charge in [0.1, 0.15) is 17.5 Å². The topological polar surface area (TPSA) is 66.8 Å². The molecule has 1 saturated heterocycles. The summed E-state index contributed by atoms with van der Waals surface area (Å²) in [6.07, 6.45) is 5.50. The van der Waals surface area contributed by atoms with Gasteiger partial charge in [0, 0.05) is 24.4 Å². The first-order valence-corrected chi connectivity index (χ1v) is 10.8. The Balaban J connectivity index is 1.55. The fourth-order valence-corrected chi connectivity index (χ4v) is 6.20. The minimum Gasteiger partial charge on any atom is -0.508 e. The molecule has 3 fully saturated rings. The van der Waals surface area contributed by atoms with Gasteiger partial charge in [-0.25, -0.2) is 0 Å². The van der Waals surface area contributed by atoms with Crippen LogP contribution >= 0.6 is 0 Å². The summed E-state index contributed by atoms with van der Waals surface area (Å²) in [7, 11) is 0. The highest BCUT2D eigenvalue weighted by Gasteiger charge is 2.59. The summed E-state index contributed by atoms with van der Waals surface area (Å²) in [4.78, 5) is 28.2. The minimum absolute atomic E-state index is 0.0142. The lowest BCUT2D eigenvalue weighted by atomic mass is 9.50. The predicted octanol–water partition coefficient (Wildman–Crippen LogP) is 2.83. The van der Waals surface area contributed by atoms with Crippen LogP contribution in [0.15, 0.2) is 18.2 Å². The van der Waals surface area contributed by atoms with Crippen molar-refractivity contribution in [2.45, 2.75) is 56.9 Å². The van der Waals surface area contributed by atoms with Gasteiger partial charge in [0.15, 0.2) is 0 Å². The van der Waals surface area contributed by atoms with Gasteiger partial charge in [-0.15, -0.1) is 0 Å². The maximum Gasteiger partial charge on any atom is 0.316 e. The van der Waals surface area contributed by atoms with Crippen molar-refractivity contribution in [3.63, 3.8) is 0 Å². The molecule has 1 aromatic carbocycles. The molecule has 1 unspecified atom stereocenters. The normalized spacial score (nSPS) is 34.5. The molecular formula is C23H29NO4. The number of fused-ring (bicyclic) bond motifs is 1. The number of phenolic OH excluding ortho intramolecular Hbond substituents is 1. The van der Waals surface area contributed by atoms with Crippen LogP contribution in [0.2, 0.25) is 0 Å². The van der Waals surface area contributed by atoms with Gasteiger partial charge in [0.25, 0.3) is 0 Å². The molecule has 5 heteroatoms. The molecule has 4 aliphatic rings. The van der Waals surface area contributed by atoms with Gasteiger partial charge in [-0.05, 0) is 80.7 Å². The van der Waals surface area contributed by atoms with Crippen molar-refractivity contribution in [3.05, 3.63) is 29.3 Å². The van der Waals surface area contributed by atoms with Crippen LogP contribution < -0.4 is 0 Å². The van der Waals surface area contributed by atoms with Crippen LogP contribution in [0.3, 0.4) is 0 Å². The van der Waals surface area contributed by atoms with Crippen LogP contribution in [0.5, 0.6) is 5.75 Å². The first-order valence-electron chi connectivity index (χ1n) is 10.8. The monoisotopic (exact) mass is 383 g/mol. The van der Waals surface area contributed by atoms with Crippen LogP contribution in [0, 0.1) is 17.8 Å². The standard InChI is InChI=1S/C23H29NO4/c1-2-28-22(27)17-11-19-20-9-15-5-6-16(25)10-18(15)23(19,12-21(17)26)7-8-24(20)13-14-3-4-14/h5-6,10,14,17,19-20,25H,2-4,7-9,11-13H2,1H3/t17?,19-,20-,23-/m1/s1. The average Bonchev–Trinajstić information content (AvgIpc) is 3.48. The second-order valence-corrected chi connectivity index (χ2v) is 9.25. The number of carbonyl (C=O) groups excluding carboxylic acids is 2. The third-order valence-electron chi connectivity index (χ3n) is 7.68. The van der Waals surface area contributed by atoms with E-state index in [0.717, 1.165) is 37.4 Å². The second kappa shape index (κ2) is 6.58. The molecule has 28 heavy (non-hydrogen) atoms. The predicted molar refractivity (Wildman–Crippen MR) is 104 cm³/mol. The maximum atomic E-state index is 13.0. The number of esters is 1. The van der Waals surface area contributed by atoms with E-state index < -0.39 is 5.92 Å². The average molecular weight is 383 g/mol. The Bertz CT molecular complexity index is 817. The zero-order valence-corrected chi connectivity index (χ0v) is 16.5. The van der Waals surface area contributed by atoms with Gasteiger partial charge in [0.05, 0.1) is 6.61 Å². The first kappa shape index (κ1) is 18.2. The summed E-state index contributed by atoms with van der Waals surface area (Å²) in [5, 5.41) is 10.2.